The van der Waals surface area contributed by atoms with Gasteiger partial charge in [-0.25, -0.2) is 4.79 Å². The second kappa shape index (κ2) is 7.45. The van der Waals surface area contributed by atoms with E-state index in [1.807, 2.05) is 0 Å². The van der Waals surface area contributed by atoms with Gasteiger partial charge in [0.2, 0.25) is 0 Å². The lowest BCUT2D eigenvalue weighted by atomic mass is 10.2. The van der Waals surface area contributed by atoms with Gasteiger partial charge in [-0.1, -0.05) is 18.5 Å². The molecule has 3 nitrogen and oxygen atoms in total. The Morgan fingerprint density at radius 3 is 2.88 bits per heavy atom. The minimum Gasteiger partial charge on any atom is -0.496 e. The summed E-state index contributed by atoms with van der Waals surface area (Å²) in [5.74, 6) is 1.88. The van der Waals surface area contributed by atoms with Gasteiger partial charge in [-0.15, -0.1) is 0 Å². The quantitative estimate of drug-likeness (QED) is 0.589. The van der Waals surface area contributed by atoms with Crippen LogP contribution >= 0.6 is 23.4 Å². The molecule has 0 aliphatic rings. The van der Waals surface area contributed by atoms with E-state index in [0.29, 0.717) is 22.9 Å². The van der Waals surface area contributed by atoms with Gasteiger partial charge in [0.05, 0.1) is 7.11 Å². The van der Waals surface area contributed by atoms with E-state index in [1.54, 1.807) is 30.0 Å². The van der Waals surface area contributed by atoms with E-state index in [4.69, 9.17) is 21.1 Å². The molecule has 0 saturated carbocycles. The lowest BCUT2D eigenvalue weighted by Gasteiger charge is -2.08. The molecule has 0 unspecified atom stereocenters. The number of carbonyl (C=O) groups excluding carboxylic acids is 1. The zero-order valence-electron chi connectivity index (χ0n) is 9.86. The van der Waals surface area contributed by atoms with Crippen molar-refractivity contribution in [1.82, 2.24) is 0 Å². The number of rotatable bonds is 6. The van der Waals surface area contributed by atoms with Gasteiger partial charge in [-0.05, 0) is 24.0 Å². The molecule has 0 amide bonds. The van der Waals surface area contributed by atoms with Crippen molar-refractivity contribution in [3.05, 3.63) is 28.8 Å². The van der Waals surface area contributed by atoms with Crippen molar-refractivity contribution in [3.8, 4) is 5.75 Å². The highest BCUT2D eigenvalue weighted by Crippen LogP contribution is 2.23. The molecule has 0 aromatic heterocycles. The molecule has 0 bridgehead atoms. The van der Waals surface area contributed by atoms with Crippen LogP contribution in [0.25, 0.3) is 0 Å². The zero-order chi connectivity index (χ0) is 12.7. The first-order chi connectivity index (χ1) is 8.19. The van der Waals surface area contributed by atoms with Crippen molar-refractivity contribution in [1.29, 1.82) is 0 Å². The third-order valence-electron chi connectivity index (χ3n) is 2.05. The summed E-state index contributed by atoms with van der Waals surface area (Å²) >= 11 is 7.54. The average molecular weight is 275 g/mol. The normalized spacial score (nSPS) is 10.1. The molecule has 1 aromatic rings. The van der Waals surface area contributed by atoms with Gasteiger partial charge in [0.25, 0.3) is 0 Å². The smallest absolute Gasteiger partial charge is 0.341 e. The molecule has 0 radical (unpaired) electrons. The Hall–Kier alpha value is -0.870. The molecule has 0 N–H and O–H groups in total. The standard InChI is InChI=1S/C12H15ClO3S/c1-3-17-7-6-16-12(14)10-5-4-9(13)8-11(10)15-2/h4-5,8H,3,6-7H2,1-2H3. The van der Waals surface area contributed by atoms with Crippen LogP contribution in [0.5, 0.6) is 5.75 Å². The largest absolute Gasteiger partial charge is 0.496 e. The summed E-state index contributed by atoms with van der Waals surface area (Å²) in [5.41, 5.74) is 0.401. The molecule has 0 aliphatic heterocycles. The van der Waals surface area contributed by atoms with Gasteiger partial charge in [0.1, 0.15) is 17.9 Å². The number of carbonyl (C=O) groups is 1. The lowest BCUT2D eigenvalue weighted by Crippen LogP contribution is -2.09. The number of ether oxygens (including phenoxy) is 2. The monoisotopic (exact) mass is 274 g/mol. The fraction of sp³-hybridized carbons (Fsp3) is 0.417. The number of halogens is 1. The van der Waals surface area contributed by atoms with Crippen molar-refractivity contribution in [3.63, 3.8) is 0 Å². The molecule has 5 heteroatoms. The summed E-state index contributed by atoms with van der Waals surface area (Å²) in [6.07, 6.45) is 0. The first-order valence-corrected chi connectivity index (χ1v) is 6.80. The molecule has 0 aliphatic carbocycles. The number of benzene rings is 1. The van der Waals surface area contributed by atoms with E-state index in [-0.39, 0.29) is 5.97 Å². The Morgan fingerprint density at radius 1 is 1.47 bits per heavy atom. The van der Waals surface area contributed by atoms with Crippen LogP contribution in [-0.2, 0) is 4.74 Å². The minimum absolute atomic E-state index is 0.379. The topological polar surface area (TPSA) is 35.5 Å². The molecule has 0 saturated heterocycles. The van der Waals surface area contributed by atoms with E-state index in [1.165, 1.54) is 7.11 Å². The average Bonchev–Trinajstić information content (AvgIpc) is 2.34. The Balaban J connectivity index is 2.62. The summed E-state index contributed by atoms with van der Waals surface area (Å²) in [4.78, 5) is 11.7. The maximum absolute atomic E-state index is 11.7. The highest BCUT2D eigenvalue weighted by Gasteiger charge is 2.13. The molecule has 0 fully saturated rings. The van der Waals surface area contributed by atoms with Gasteiger partial charge in [-0.2, -0.15) is 11.8 Å². The number of hydrogen-bond acceptors (Lipinski definition) is 4. The molecule has 0 heterocycles. The maximum Gasteiger partial charge on any atom is 0.341 e. The SMILES string of the molecule is CCSCCOC(=O)c1ccc(Cl)cc1OC. The van der Waals surface area contributed by atoms with E-state index >= 15 is 0 Å². The summed E-state index contributed by atoms with van der Waals surface area (Å²) in [6, 6.07) is 4.84. The fourth-order valence-corrected chi connectivity index (χ4v) is 1.90. The summed E-state index contributed by atoms with van der Waals surface area (Å²) < 4.78 is 10.2. The van der Waals surface area contributed by atoms with Crippen LogP contribution < -0.4 is 4.74 Å². The summed E-state index contributed by atoms with van der Waals surface area (Å²) in [5, 5.41) is 0.528. The second-order valence-corrected chi connectivity index (χ2v) is 5.01. The highest BCUT2D eigenvalue weighted by atomic mass is 35.5. The first kappa shape index (κ1) is 14.2. The zero-order valence-corrected chi connectivity index (χ0v) is 11.4. The second-order valence-electron chi connectivity index (χ2n) is 3.18. The molecule has 0 atom stereocenters. The Kier molecular flexibility index (Phi) is 6.22. The molecule has 94 valence electrons. The van der Waals surface area contributed by atoms with Crippen molar-refractivity contribution in [2.24, 2.45) is 0 Å². The third-order valence-corrected chi connectivity index (χ3v) is 3.15. The molecule has 17 heavy (non-hydrogen) atoms. The van der Waals surface area contributed by atoms with Crippen LogP contribution in [0, 0.1) is 0 Å². The van der Waals surface area contributed by atoms with Gasteiger partial charge in [-0.3, -0.25) is 0 Å². The molecule has 1 aromatic carbocycles. The van der Waals surface area contributed by atoms with Crippen LogP contribution in [0.4, 0.5) is 0 Å². The van der Waals surface area contributed by atoms with E-state index in [0.717, 1.165) is 11.5 Å². The van der Waals surface area contributed by atoms with Crippen LogP contribution in [0.15, 0.2) is 18.2 Å². The maximum atomic E-state index is 11.7. The highest BCUT2D eigenvalue weighted by molar-refractivity contribution is 7.99. The van der Waals surface area contributed by atoms with Crippen LogP contribution in [-0.4, -0.2) is 31.2 Å². The minimum atomic E-state index is -0.379. The van der Waals surface area contributed by atoms with E-state index in [2.05, 4.69) is 6.92 Å². The van der Waals surface area contributed by atoms with Crippen molar-refractivity contribution < 1.29 is 14.3 Å². The van der Waals surface area contributed by atoms with Crippen molar-refractivity contribution >= 4 is 29.3 Å². The van der Waals surface area contributed by atoms with Gasteiger partial charge >= 0.3 is 5.97 Å². The predicted molar refractivity (Wildman–Crippen MR) is 71.3 cm³/mol. The Morgan fingerprint density at radius 2 is 2.24 bits per heavy atom. The number of thioether (sulfide) groups is 1. The van der Waals surface area contributed by atoms with Gasteiger partial charge in [0.15, 0.2) is 0 Å². The first-order valence-electron chi connectivity index (χ1n) is 5.27. The number of hydrogen-bond donors (Lipinski definition) is 0. The molecular formula is C12H15ClO3S. The molecular weight excluding hydrogens is 260 g/mol. The molecule has 0 spiro atoms. The van der Waals surface area contributed by atoms with Gasteiger partial charge < -0.3 is 9.47 Å². The van der Waals surface area contributed by atoms with Crippen LogP contribution in [0.1, 0.15) is 17.3 Å². The van der Waals surface area contributed by atoms with Crippen molar-refractivity contribution in [2.75, 3.05) is 25.2 Å². The lowest BCUT2D eigenvalue weighted by molar-refractivity contribution is 0.0526. The summed E-state index contributed by atoms with van der Waals surface area (Å²) in [7, 11) is 1.50. The van der Waals surface area contributed by atoms with E-state index in [9.17, 15) is 4.79 Å². The fourth-order valence-electron chi connectivity index (χ4n) is 1.25. The predicted octanol–water partition coefficient (Wildman–Crippen LogP) is 3.26. The summed E-state index contributed by atoms with van der Waals surface area (Å²) in [6.45, 7) is 2.47. The van der Waals surface area contributed by atoms with Crippen molar-refractivity contribution in [2.45, 2.75) is 6.92 Å². The van der Waals surface area contributed by atoms with Crippen LogP contribution in [0.3, 0.4) is 0 Å². The van der Waals surface area contributed by atoms with Gasteiger partial charge in [0, 0.05) is 10.8 Å². The molecule has 1 rings (SSSR count). The third kappa shape index (κ3) is 4.48. The number of esters is 1. The van der Waals surface area contributed by atoms with E-state index < -0.39 is 0 Å². The van der Waals surface area contributed by atoms with Crippen LogP contribution in [0.2, 0.25) is 5.02 Å². The Bertz CT molecular complexity index is 382. The Labute approximate surface area is 110 Å². The number of methoxy groups -OCH3 is 1.